The van der Waals surface area contributed by atoms with Gasteiger partial charge in [-0.15, -0.1) is 0 Å². The number of rotatable bonds is 1. The van der Waals surface area contributed by atoms with Gasteiger partial charge in [0.05, 0.1) is 5.60 Å². The fourth-order valence-corrected chi connectivity index (χ4v) is 1.63. The molecule has 1 N–H and O–H groups in total. The minimum Gasteiger partial charge on any atom is -0.313 e. The van der Waals surface area contributed by atoms with Crippen molar-refractivity contribution in [2.45, 2.75) is 26.4 Å². The van der Waals surface area contributed by atoms with Crippen LogP contribution in [0, 0.1) is 0 Å². The van der Waals surface area contributed by atoms with Crippen LogP contribution in [0.25, 0.3) is 0 Å². The van der Waals surface area contributed by atoms with Crippen molar-refractivity contribution in [3.63, 3.8) is 0 Å². The van der Waals surface area contributed by atoms with E-state index in [9.17, 15) is 4.57 Å². The molecule has 0 aliphatic rings. The predicted molar refractivity (Wildman–Crippen MR) is 36.5 cm³/mol. The summed E-state index contributed by atoms with van der Waals surface area (Å²) in [6.45, 7) is 1.14. The van der Waals surface area contributed by atoms with E-state index in [1.165, 1.54) is 0 Å². The number of hydrogen-bond acceptors (Lipinski definition) is 2. The topological polar surface area (TPSA) is 46.5 Å². The highest BCUT2D eigenvalue weighted by Crippen LogP contribution is 2.50. The molecule has 56 valence electrons. The normalized spacial score (nSPS) is 19.2. The van der Waals surface area contributed by atoms with Crippen molar-refractivity contribution in [3.05, 3.63) is 0 Å². The molecule has 1 atom stereocenters. The molecule has 5 heteroatoms. The molecule has 0 spiro atoms. The van der Waals surface area contributed by atoms with Gasteiger partial charge < -0.3 is 4.89 Å². The first-order chi connectivity index (χ1) is 3.71. The van der Waals surface area contributed by atoms with Gasteiger partial charge >= 0.3 is 6.95 Å². The van der Waals surface area contributed by atoms with Crippen LogP contribution in [0.5, 0.6) is 0 Å². The molecule has 0 fully saturated rings. The Labute approximate surface area is 59.3 Å². The van der Waals surface area contributed by atoms with Crippen molar-refractivity contribution >= 4 is 18.2 Å². The Morgan fingerprint density at radius 1 is 1.56 bits per heavy atom. The van der Waals surface area contributed by atoms with Gasteiger partial charge in [0, 0.05) is 11.2 Å². The van der Waals surface area contributed by atoms with Gasteiger partial charge in [0.25, 0.3) is 0 Å². The van der Waals surface area contributed by atoms with Crippen molar-refractivity contribution in [2.75, 3.05) is 0 Å². The summed E-state index contributed by atoms with van der Waals surface area (Å²) >= 11 is 4.91. The zero-order valence-electron chi connectivity index (χ0n) is 5.59. The third-order valence-corrected chi connectivity index (χ3v) is 1.37. The van der Waals surface area contributed by atoms with Gasteiger partial charge in [0.15, 0.2) is 0 Å². The molecule has 0 heterocycles. The lowest BCUT2D eigenvalue weighted by Gasteiger charge is -2.18. The molecule has 0 radical (unpaired) electrons. The molecule has 0 amide bonds. The largest absolute Gasteiger partial charge is 0.422 e. The van der Waals surface area contributed by atoms with E-state index < -0.39 is 12.5 Å². The van der Waals surface area contributed by atoms with Crippen LogP contribution in [0.1, 0.15) is 20.8 Å². The second-order valence-corrected chi connectivity index (χ2v) is 5.02. The maximum atomic E-state index is 10.3. The second kappa shape index (κ2) is 2.59. The predicted octanol–water partition coefficient (Wildman–Crippen LogP) is 2.14. The summed E-state index contributed by atoms with van der Waals surface area (Å²) in [6.07, 6.45) is 0. The molecule has 0 aromatic carbocycles. The maximum absolute atomic E-state index is 10.3. The van der Waals surface area contributed by atoms with Crippen LogP contribution in [0.2, 0.25) is 0 Å². The number of hydrogen-bond donors (Lipinski definition) is 1. The van der Waals surface area contributed by atoms with Crippen molar-refractivity contribution in [2.24, 2.45) is 0 Å². The van der Waals surface area contributed by atoms with Gasteiger partial charge in [-0.25, -0.2) is 4.57 Å². The Kier molecular flexibility index (Phi) is 2.71. The van der Waals surface area contributed by atoms with E-state index >= 15 is 0 Å². The average molecular weight is 173 g/mol. The molecule has 0 aromatic rings. The first kappa shape index (κ1) is 9.44. The Morgan fingerprint density at radius 3 is 1.89 bits per heavy atom. The molecule has 0 saturated carbocycles. The van der Waals surface area contributed by atoms with E-state index in [4.69, 9.17) is 16.1 Å². The molecule has 3 nitrogen and oxygen atoms in total. The van der Waals surface area contributed by atoms with Crippen LogP contribution < -0.4 is 0 Å². The summed E-state index contributed by atoms with van der Waals surface area (Å²) in [5, 5.41) is 0. The molecule has 0 aliphatic carbocycles. The smallest absolute Gasteiger partial charge is 0.313 e. The second-order valence-electron chi connectivity index (χ2n) is 2.66. The minimum absolute atomic E-state index is 0.661. The third kappa shape index (κ3) is 8.44. The summed E-state index contributed by atoms with van der Waals surface area (Å²) < 4.78 is 14.8. The fraction of sp³-hybridized carbons (Fsp3) is 1.00. The fourth-order valence-electron chi connectivity index (χ4n) is 0.338. The third-order valence-electron chi connectivity index (χ3n) is 0.386. The minimum atomic E-state index is -3.82. The first-order valence-electron chi connectivity index (χ1n) is 2.44. The van der Waals surface area contributed by atoms with E-state index in [0.29, 0.717) is 0 Å². The van der Waals surface area contributed by atoms with Crippen LogP contribution in [-0.4, -0.2) is 10.5 Å². The highest BCUT2D eigenvalue weighted by Gasteiger charge is 2.23. The van der Waals surface area contributed by atoms with Crippen molar-refractivity contribution < 1.29 is 14.0 Å². The summed E-state index contributed by atoms with van der Waals surface area (Å²) in [5.41, 5.74) is -0.661. The van der Waals surface area contributed by atoms with E-state index in [2.05, 4.69) is 4.52 Å². The lowest BCUT2D eigenvalue weighted by Crippen LogP contribution is -2.15. The Morgan fingerprint density at radius 2 is 1.89 bits per heavy atom. The van der Waals surface area contributed by atoms with Crippen molar-refractivity contribution in [3.8, 4) is 0 Å². The van der Waals surface area contributed by atoms with Crippen LogP contribution >= 0.6 is 18.2 Å². The lowest BCUT2D eigenvalue weighted by atomic mass is 10.2. The molecule has 0 saturated heterocycles. The van der Waals surface area contributed by atoms with Crippen molar-refractivity contribution in [1.82, 2.24) is 0 Å². The van der Waals surface area contributed by atoms with Gasteiger partial charge in [-0.2, -0.15) is 0 Å². The molecular formula is C4H10ClO3P. The Bertz CT molecular complexity index is 133. The standard InChI is InChI=1S/C4H10ClO3P/c1-4(2,3)8-9(5,6)7/h1-3H3,(H,6,7). The Hall–Kier alpha value is 0.440. The van der Waals surface area contributed by atoms with Crippen LogP contribution in [0.15, 0.2) is 0 Å². The van der Waals surface area contributed by atoms with E-state index in [1.54, 1.807) is 20.8 Å². The summed E-state index contributed by atoms with van der Waals surface area (Å²) in [7, 11) is 0. The zero-order chi connectivity index (χ0) is 7.71. The van der Waals surface area contributed by atoms with Crippen LogP contribution in [0.3, 0.4) is 0 Å². The average Bonchev–Trinajstić information content (AvgIpc) is 1.14. The quantitative estimate of drug-likeness (QED) is 0.617. The SMILES string of the molecule is CC(C)(C)OP(=O)(O)Cl. The lowest BCUT2D eigenvalue weighted by molar-refractivity contribution is 0.119. The van der Waals surface area contributed by atoms with Gasteiger partial charge in [0.1, 0.15) is 0 Å². The summed E-state index contributed by atoms with van der Waals surface area (Å²) in [6, 6.07) is 0. The molecule has 1 unspecified atom stereocenters. The highest BCUT2D eigenvalue weighted by atomic mass is 35.7. The Balaban J connectivity index is 3.90. The van der Waals surface area contributed by atoms with Gasteiger partial charge in [-0.05, 0) is 20.8 Å². The zero-order valence-corrected chi connectivity index (χ0v) is 7.24. The number of halogens is 1. The van der Waals surface area contributed by atoms with Gasteiger partial charge in [-0.3, -0.25) is 4.52 Å². The molecule has 0 aliphatic heterocycles. The molecule has 0 rings (SSSR count). The molecular weight excluding hydrogens is 162 g/mol. The summed E-state index contributed by atoms with van der Waals surface area (Å²) in [4.78, 5) is 8.45. The summed E-state index contributed by atoms with van der Waals surface area (Å²) in [5.74, 6) is 0. The molecule has 0 aromatic heterocycles. The highest BCUT2D eigenvalue weighted by molar-refractivity contribution is 7.80. The van der Waals surface area contributed by atoms with Crippen LogP contribution in [0.4, 0.5) is 0 Å². The maximum Gasteiger partial charge on any atom is 0.422 e. The van der Waals surface area contributed by atoms with Crippen LogP contribution in [-0.2, 0) is 9.09 Å². The monoisotopic (exact) mass is 172 g/mol. The van der Waals surface area contributed by atoms with Gasteiger partial charge in [0.2, 0.25) is 0 Å². The van der Waals surface area contributed by atoms with Crippen molar-refractivity contribution in [1.29, 1.82) is 0 Å². The molecule has 0 bridgehead atoms. The van der Waals surface area contributed by atoms with E-state index in [0.717, 1.165) is 0 Å². The van der Waals surface area contributed by atoms with E-state index in [1.807, 2.05) is 0 Å². The first-order valence-corrected chi connectivity index (χ1v) is 4.92. The van der Waals surface area contributed by atoms with E-state index in [-0.39, 0.29) is 0 Å². The molecule has 9 heavy (non-hydrogen) atoms. The van der Waals surface area contributed by atoms with Gasteiger partial charge in [-0.1, -0.05) is 0 Å².